The van der Waals surface area contributed by atoms with Crippen LogP contribution in [0.3, 0.4) is 0 Å². The first-order valence-electron chi connectivity index (χ1n) is 13.4. The molecular weight excluding hydrogens is 609 g/mol. The van der Waals surface area contributed by atoms with Crippen LogP contribution in [0.25, 0.3) is 10.2 Å². The second-order valence-corrected chi connectivity index (χ2v) is 10.7. The average molecular weight is 637 g/mol. The van der Waals surface area contributed by atoms with Crippen LogP contribution in [0.1, 0.15) is 37.4 Å². The number of nitrogens with one attached hydrogen (secondary N) is 2. The fraction of sp³-hybridized carbons (Fsp3) is 0.188. The summed E-state index contributed by atoms with van der Waals surface area (Å²) in [5.74, 6) is 0.941. The van der Waals surface area contributed by atoms with Crippen LogP contribution in [-0.4, -0.2) is 43.0 Å². The first kappa shape index (κ1) is 31.3. The third kappa shape index (κ3) is 6.68. The van der Waals surface area contributed by atoms with Gasteiger partial charge >= 0.3 is 6.18 Å². The van der Waals surface area contributed by atoms with Crippen LogP contribution in [0.4, 0.5) is 30.4 Å². The number of rotatable bonds is 10. The number of hydrogen-bond donors (Lipinski definition) is 2. The summed E-state index contributed by atoms with van der Waals surface area (Å²) in [6, 6.07) is 12.9. The lowest BCUT2D eigenvalue weighted by atomic mass is 9.99. The Kier molecular flexibility index (Phi) is 8.91. The van der Waals surface area contributed by atoms with E-state index in [0.717, 1.165) is 12.1 Å². The molecule has 232 valence electrons. The maximum atomic E-state index is 13.4. The predicted octanol–water partition coefficient (Wildman–Crippen LogP) is 7.47. The topological polar surface area (TPSA) is 112 Å². The molecule has 2 aromatic heterocycles. The largest absolute Gasteiger partial charge is 0.493 e. The Morgan fingerprint density at radius 1 is 0.933 bits per heavy atom. The summed E-state index contributed by atoms with van der Waals surface area (Å²) < 4.78 is 56.2. The molecule has 0 bridgehead atoms. The molecule has 0 aliphatic rings. The second kappa shape index (κ2) is 12.8. The van der Waals surface area contributed by atoms with Gasteiger partial charge in [-0.15, -0.1) is 11.3 Å². The van der Waals surface area contributed by atoms with E-state index in [1.165, 1.54) is 57.2 Å². The fourth-order valence-electron chi connectivity index (χ4n) is 4.66. The van der Waals surface area contributed by atoms with Crippen molar-refractivity contribution in [3.8, 4) is 17.2 Å². The summed E-state index contributed by atoms with van der Waals surface area (Å²) in [7, 11) is 4.53. The number of aromatic nitrogens is 2. The minimum atomic E-state index is -4.51. The fourth-order valence-corrected chi connectivity index (χ4v) is 5.60. The van der Waals surface area contributed by atoms with Crippen LogP contribution in [0.15, 0.2) is 66.3 Å². The molecule has 1 amide bonds. The van der Waals surface area contributed by atoms with Crippen LogP contribution >= 0.6 is 11.3 Å². The van der Waals surface area contributed by atoms with Gasteiger partial charge < -0.3 is 24.8 Å². The number of amides is 1. The van der Waals surface area contributed by atoms with E-state index in [1.54, 1.807) is 36.6 Å². The van der Waals surface area contributed by atoms with E-state index in [0.29, 0.717) is 55.8 Å². The van der Waals surface area contributed by atoms with Crippen molar-refractivity contribution in [1.29, 1.82) is 0 Å². The molecule has 0 unspecified atom stereocenters. The van der Waals surface area contributed by atoms with Crippen molar-refractivity contribution in [2.24, 2.45) is 0 Å². The quantitative estimate of drug-likeness (QED) is 0.152. The Morgan fingerprint density at radius 2 is 1.67 bits per heavy atom. The van der Waals surface area contributed by atoms with Crippen LogP contribution < -0.4 is 24.8 Å². The standard InChI is InChI=1S/C32H27F3N4O5S/c1-17-8-9-19(24(40)11-18-6-5-7-20(10-18)32(33,34)35)12-23(17)39-31(41)22-15-45-29-27(22)36-16-37-30(29)38-21-13-25(42-2)28(44-4)26(14-21)43-3/h5-10,12-16H,11H2,1-4H3,(H,39,41)(H,36,37,38). The van der Waals surface area contributed by atoms with Gasteiger partial charge in [-0.3, -0.25) is 9.59 Å². The highest BCUT2D eigenvalue weighted by Crippen LogP contribution is 2.41. The number of halogens is 3. The summed E-state index contributed by atoms with van der Waals surface area (Å²) >= 11 is 1.27. The molecule has 0 saturated heterocycles. The lowest BCUT2D eigenvalue weighted by Gasteiger charge is -2.15. The minimum Gasteiger partial charge on any atom is -0.493 e. The Hall–Kier alpha value is -5.17. The number of thiophene rings is 1. The molecule has 3 aromatic carbocycles. The number of methoxy groups -OCH3 is 3. The van der Waals surface area contributed by atoms with Gasteiger partial charge in [0.05, 0.1) is 42.7 Å². The van der Waals surface area contributed by atoms with E-state index in [9.17, 15) is 22.8 Å². The number of Topliss-reactive ketones (excluding diaryl/α,β-unsaturated/α-hetero) is 1. The van der Waals surface area contributed by atoms with Crippen LogP contribution in [0, 0.1) is 6.92 Å². The van der Waals surface area contributed by atoms with Crippen molar-refractivity contribution >= 4 is 50.4 Å². The molecule has 0 aliphatic heterocycles. The van der Waals surface area contributed by atoms with Gasteiger partial charge in [0.25, 0.3) is 5.91 Å². The third-order valence-electron chi connectivity index (χ3n) is 6.95. The van der Waals surface area contributed by atoms with Gasteiger partial charge in [0.2, 0.25) is 5.75 Å². The molecule has 0 radical (unpaired) electrons. The van der Waals surface area contributed by atoms with Crippen LogP contribution in [-0.2, 0) is 12.6 Å². The van der Waals surface area contributed by atoms with E-state index < -0.39 is 17.6 Å². The number of aryl methyl sites for hydroxylation is 1. The highest BCUT2D eigenvalue weighted by Gasteiger charge is 2.30. The van der Waals surface area contributed by atoms with Gasteiger partial charge in [-0.2, -0.15) is 13.2 Å². The molecule has 2 heterocycles. The molecule has 13 heteroatoms. The number of carbonyl (C=O) groups excluding carboxylic acids is 2. The summed E-state index contributed by atoms with van der Waals surface area (Å²) in [6.45, 7) is 1.77. The zero-order valence-electron chi connectivity index (χ0n) is 24.5. The number of ketones is 1. The predicted molar refractivity (Wildman–Crippen MR) is 165 cm³/mol. The summed E-state index contributed by atoms with van der Waals surface area (Å²) in [5.41, 5.74) is 2.06. The maximum absolute atomic E-state index is 13.4. The molecule has 9 nitrogen and oxygen atoms in total. The zero-order valence-corrected chi connectivity index (χ0v) is 25.4. The number of carbonyl (C=O) groups is 2. The zero-order chi connectivity index (χ0) is 32.3. The summed E-state index contributed by atoms with van der Waals surface area (Å²) in [4.78, 5) is 35.1. The molecule has 0 spiro atoms. The first-order chi connectivity index (χ1) is 21.5. The average Bonchev–Trinajstić information content (AvgIpc) is 3.46. The molecule has 45 heavy (non-hydrogen) atoms. The van der Waals surface area contributed by atoms with E-state index in [4.69, 9.17) is 14.2 Å². The van der Waals surface area contributed by atoms with Crippen molar-refractivity contribution < 1.29 is 37.0 Å². The lowest BCUT2D eigenvalue weighted by Crippen LogP contribution is -2.14. The van der Waals surface area contributed by atoms with Crippen molar-refractivity contribution in [3.05, 3.63) is 94.1 Å². The Bertz CT molecular complexity index is 1880. The monoisotopic (exact) mass is 636 g/mol. The smallest absolute Gasteiger partial charge is 0.416 e. The Morgan fingerprint density at radius 3 is 2.33 bits per heavy atom. The normalized spacial score (nSPS) is 11.3. The van der Waals surface area contributed by atoms with Gasteiger partial charge in [-0.05, 0) is 30.2 Å². The summed E-state index contributed by atoms with van der Waals surface area (Å²) in [6.07, 6.45) is -3.40. The molecule has 5 aromatic rings. The van der Waals surface area contributed by atoms with Gasteiger partial charge in [-0.1, -0.05) is 30.3 Å². The number of fused-ring (bicyclic) bond motifs is 1. The van der Waals surface area contributed by atoms with E-state index in [1.807, 2.05) is 0 Å². The van der Waals surface area contributed by atoms with Crippen LogP contribution in [0.2, 0.25) is 0 Å². The lowest BCUT2D eigenvalue weighted by molar-refractivity contribution is -0.137. The van der Waals surface area contributed by atoms with Gasteiger partial charge in [0, 0.05) is 40.9 Å². The van der Waals surface area contributed by atoms with Crippen molar-refractivity contribution in [3.63, 3.8) is 0 Å². The van der Waals surface area contributed by atoms with E-state index in [2.05, 4.69) is 20.6 Å². The molecule has 0 aliphatic carbocycles. The number of benzene rings is 3. The Balaban J connectivity index is 1.37. The highest BCUT2D eigenvalue weighted by atomic mass is 32.1. The number of hydrogen-bond acceptors (Lipinski definition) is 9. The van der Waals surface area contributed by atoms with E-state index in [-0.39, 0.29) is 23.3 Å². The number of anilines is 3. The maximum Gasteiger partial charge on any atom is 0.416 e. The van der Waals surface area contributed by atoms with Gasteiger partial charge in [0.1, 0.15) is 6.33 Å². The van der Waals surface area contributed by atoms with E-state index >= 15 is 0 Å². The number of alkyl halides is 3. The molecular formula is C32H27F3N4O5S. The molecule has 5 rings (SSSR count). The molecule has 0 fully saturated rings. The van der Waals surface area contributed by atoms with Crippen LogP contribution in [0.5, 0.6) is 17.2 Å². The summed E-state index contributed by atoms with van der Waals surface area (Å²) in [5, 5.41) is 7.73. The third-order valence-corrected chi connectivity index (χ3v) is 7.93. The van der Waals surface area contributed by atoms with Crippen molar-refractivity contribution in [2.75, 3.05) is 32.0 Å². The SMILES string of the molecule is COc1cc(Nc2ncnc3c(C(=O)Nc4cc(C(=O)Cc5cccc(C(F)(F)F)c5)ccc4C)csc23)cc(OC)c1OC. The highest BCUT2D eigenvalue weighted by molar-refractivity contribution is 7.18. The second-order valence-electron chi connectivity index (χ2n) is 9.87. The van der Waals surface area contributed by atoms with Gasteiger partial charge in [-0.25, -0.2) is 9.97 Å². The number of ether oxygens (including phenoxy) is 3. The molecule has 0 saturated carbocycles. The van der Waals surface area contributed by atoms with Crippen molar-refractivity contribution in [2.45, 2.75) is 19.5 Å². The van der Waals surface area contributed by atoms with Gasteiger partial charge in [0.15, 0.2) is 23.1 Å². The Labute approximate surface area is 260 Å². The molecule has 0 atom stereocenters. The van der Waals surface area contributed by atoms with Crippen molar-refractivity contribution in [1.82, 2.24) is 9.97 Å². The first-order valence-corrected chi connectivity index (χ1v) is 14.3. The molecule has 2 N–H and O–H groups in total. The number of nitrogens with zero attached hydrogens (tertiary/aromatic N) is 2. The minimum absolute atomic E-state index is 0.228.